The van der Waals surface area contributed by atoms with Gasteiger partial charge in [-0.3, -0.25) is 9.59 Å². The smallest absolute Gasteiger partial charge is 0.294 e. The number of rotatable bonds is 7. The van der Waals surface area contributed by atoms with Crippen molar-refractivity contribution in [2.75, 3.05) is 12.3 Å². The number of hydrogen-bond acceptors (Lipinski definition) is 4. The van der Waals surface area contributed by atoms with Crippen LogP contribution in [-0.2, 0) is 11.3 Å². The van der Waals surface area contributed by atoms with Gasteiger partial charge in [-0.2, -0.15) is 0 Å². The van der Waals surface area contributed by atoms with Crippen LogP contribution >= 0.6 is 11.8 Å². The number of carbonyl (C=O) groups is 1. The quantitative estimate of drug-likeness (QED) is 0.671. The number of fused-ring (bicyclic) bond motifs is 1. The molecule has 0 aliphatic rings. The molecule has 0 atom stereocenters. The number of nitrogens with zero attached hydrogens (tertiary/aromatic N) is 1. The van der Waals surface area contributed by atoms with Gasteiger partial charge in [-0.15, -0.1) is 11.8 Å². The molecule has 0 bridgehead atoms. The minimum absolute atomic E-state index is 0.00874. The fourth-order valence-electron chi connectivity index (χ4n) is 2.35. The standard InChI is InChI=1S/C18H18N2O3S/c21-16(8-13-24-15-4-2-1-3-5-15)19-9-11-20-10-6-14-7-12-23-17(14)18(20)22/h1-7,10,12H,8-9,11,13H2,(H,19,21). The first kappa shape index (κ1) is 16.4. The molecule has 2 heterocycles. The van der Waals surface area contributed by atoms with E-state index in [-0.39, 0.29) is 11.5 Å². The average molecular weight is 342 g/mol. The number of nitrogens with one attached hydrogen (secondary N) is 1. The SMILES string of the molecule is O=C(CCSc1ccccc1)NCCn1ccc2ccoc2c1=O. The predicted octanol–water partition coefficient (Wildman–Crippen LogP) is 2.89. The summed E-state index contributed by atoms with van der Waals surface area (Å²) in [5.41, 5.74) is 0.175. The minimum atomic E-state index is -0.175. The van der Waals surface area contributed by atoms with Crippen LogP contribution in [0.4, 0.5) is 0 Å². The fourth-order valence-corrected chi connectivity index (χ4v) is 3.22. The van der Waals surface area contributed by atoms with Crippen LogP contribution in [0.25, 0.3) is 11.0 Å². The van der Waals surface area contributed by atoms with Gasteiger partial charge >= 0.3 is 0 Å². The highest BCUT2D eigenvalue weighted by molar-refractivity contribution is 7.99. The maximum Gasteiger partial charge on any atom is 0.294 e. The van der Waals surface area contributed by atoms with Crippen LogP contribution in [0.1, 0.15) is 6.42 Å². The second kappa shape index (κ2) is 7.88. The lowest BCUT2D eigenvalue weighted by Crippen LogP contribution is -2.30. The number of aromatic nitrogens is 1. The summed E-state index contributed by atoms with van der Waals surface area (Å²) in [7, 11) is 0. The second-order valence-electron chi connectivity index (χ2n) is 5.28. The molecule has 3 rings (SSSR count). The van der Waals surface area contributed by atoms with Gasteiger partial charge in [-0.1, -0.05) is 18.2 Å². The van der Waals surface area contributed by atoms with Gasteiger partial charge in [0.25, 0.3) is 5.56 Å². The lowest BCUT2D eigenvalue weighted by atomic mass is 10.3. The molecule has 3 aromatic rings. The first-order valence-electron chi connectivity index (χ1n) is 7.75. The summed E-state index contributed by atoms with van der Waals surface area (Å²) in [5, 5.41) is 3.63. The van der Waals surface area contributed by atoms with Crippen molar-refractivity contribution in [3.05, 3.63) is 65.3 Å². The van der Waals surface area contributed by atoms with E-state index in [0.717, 1.165) is 16.0 Å². The summed E-state index contributed by atoms with van der Waals surface area (Å²) >= 11 is 1.65. The molecule has 0 unspecified atom stereocenters. The summed E-state index contributed by atoms with van der Waals surface area (Å²) in [6, 6.07) is 13.6. The van der Waals surface area contributed by atoms with E-state index in [1.807, 2.05) is 36.4 Å². The normalized spacial score (nSPS) is 10.8. The minimum Gasteiger partial charge on any atom is -0.459 e. The molecule has 0 saturated carbocycles. The summed E-state index contributed by atoms with van der Waals surface area (Å²) in [5.74, 6) is 0.722. The summed E-state index contributed by atoms with van der Waals surface area (Å²) in [6.45, 7) is 0.841. The van der Waals surface area contributed by atoms with Crippen LogP contribution in [-0.4, -0.2) is 22.8 Å². The van der Waals surface area contributed by atoms with E-state index < -0.39 is 0 Å². The number of hydrogen-bond donors (Lipinski definition) is 1. The van der Waals surface area contributed by atoms with E-state index in [1.54, 1.807) is 28.6 Å². The molecular formula is C18H18N2O3S. The molecule has 1 amide bonds. The number of benzene rings is 1. The third-order valence-corrected chi connectivity index (χ3v) is 4.61. The molecule has 0 fully saturated rings. The Hall–Kier alpha value is -2.47. The van der Waals surface area contributed by atoms with E-state index in [4.69, 9.17) is 4.42 Å². The highest BCUT2D eigenvalue weighted by atomic mass is 32.2. The van der Waals surface area contributed by atoms with Crippen molar-refractivity contribution in [3.63, 3.8) is 0 Å². The summed E-state index contributed by atoms with van der Waals surface area (Å²) < 4.78 is 6.73. The molecule has 124 valence electrons. The molecule has 6 heteroatoms. The molecular weight excluding hydrogens is 324 g/mol. The number of carbonyl (C=O) groups excluding carboxylic acids is 1. The zero-order valence-electron chi connectivity index (χ0n) is 13.1. The molecule has 24 heavy (non-hydrogen) atoms. The van der Waals surface area contributed by atoms with Crippen LogP contribution in [0.5, 0.6) is 0 Å². The van der Waals surface area contributed by atoms with Gasteiger partial charge in [0.1, 0.15) is 0 Å². The Labute approximate surface area is 143 Å². The van der Waals surface area contributed by atoms with Crippen LogP contribution in [0, 0.1) is 0 Å². The Morgan fingerprint density at radius 1 is 1.17 bits per heavy atom. The van der Waals surface area contributed by atoms with Gasteiger partial charge < -0.3 is 14.3 Å². The largest absolute Gasteiger partial charge is 0.459 e. The Kier molecular flexibility index (Phi) is 5.38. The van der Waals surface area contributed by atoms with Crippen molar-refractivity contribution in [2.24, 2.45) is 0 Å². The fraction of sp³-hybridized carbons (Fsp3) is 0.222. The first-order valence-corrected chi connectivity index (χ1v) is 8.74. The van der Waals surface area contributed by atoms with Crippen LogP contribution in [0.2, 0.25) is 0 Å². The molecule has 0 saturated heterocycles. The van der Waals surface area contributed by atoms with Crippen LogP contribution in [0.3, 0.4) is 0 Å². The summed E-state index contributed by atoms with van der Waals surface area (Å²) in [6.07, 6.45) is 3.67. The average Bonchev–Trinajstić information content (AvgIpc) is 3.07. The highest BCUT2D eigenvalue weighted by Crippen LogP contribution is 2.17. The number of pyridine rings is 1. The van der Waals surface area contributed by atoms with E-state index in [9.17, 15) is 9.59 Å². The summed E-state index contributed by atoms with van der Waals surface area (Å²) in [4.78, 5) is 25.2. The van der Waals surface area contributed by atoms with Crippen molar-refractivity contribution >= 4 is 28.6 Å². The van der Waals surface area contributed by atoms with E-state index in [0.29, 0.717) is 25.1 Å². The zero-order valence-corrected chi connectivity index (χ0v) is 13.9. The molecule has 0 aliphatic carbocycles. The predicted molar refractivity (Wildman–Crippen MR) is 95.3 cm³/mol. The molecule has 0 aliphatic heterocycles. The Bertz CT molecular complexity index is 871. The second-order valence-corrected chi connectivity index (χ2v) is 6.45. The third-order valence-electron chi connectivity index (χ3n) is 3.60. The number of amides is 1. The van der Waals surface area contributed by atoms with Crippen molar-refractivity contribution in [3.8, 4) is 0 Å². The van der Waals surface area contributed by atoms with E-state index in [1.165, 1.54) is 6.26 Å². The van der Waals surface area contributed by atoms with Gasteiger partial charge in [0.05, 0.1) is 6.26 Å². The van der Waals surface area contributed by atoms with Crippen LogP contribution < -0.4 is 10.9 Å². The van der Waals surface area contributed by atoms with Gasteiger partial charge in [0.2, 0.25) is 5.91 Å². The monoisotopic (exact) mass is 342 g/mol. The first-order chi connectivity index (χ1) is 11.7. The van der Waals surface area contributed by atoms with Gasteiger partial charge in [0.15, 0.2) is 5.58 Å². The van der Waals surface area contributed by atoms with Crippen molar-refractivity contribution < 1.29 is 9.21 Å². The zero-order chi connectivity index (χ0) is 16.8. The Morgan fingerprint density at radius 2 is 2.00 bits per heavy atom. The molecule has 2 aromatic heterocycles. The maximum atomic E-state index is 12.1. The van der Waals surface area contributed by atoms with Crippen molar-refractivity contribution in [1.29, 1.82) is 0 Å². The van der Waals surface area contributed by atoms with Gasteiger partial charge in [-0.05, 0) is 24.3 Å². The van der Waals surface area contributed by atoms with E-state index >= 15 is 0 Å². The van der Waals surface area contributed by atoms with Crippen molar-refractivity contribution in [1.82, 2.24) is 9.88 Å². The van der Waals surface area contributed by atoms with Gasteiger partial charge in [-0.25, -0.2) is 0 Å². The van der Waals surface area contributed by atoms with Crippen LogP contribution in [0.15, 0.2) is 69.0 Å². The lowest BCUT2D eigenvalue weighted by Gasteiger charge is -2.07. The molecule has 0 spiro atoms. The van der Waals surface area contributed by atoms with Crippen molar-refractivity contribution in [2.45, 2.75) is 17.9 Å². The Balaban J connectivity index is 1.43. The molecule has 1 N–H and O–H groups in total. The number of furan rings is 1. The van der Waals surface area contributed by atoms with Gasteiger partial charge in [0, 0.05) is 41.7 Å². The lowest BCUT2D eigenvalue weighted by molar-refractivity contribution is -0.120. The molecule has 1 aromatic carbocycles. The Morgan fingerprint density at radius 3 is 2.83 bits per heavy atom. The molecule has 5 nitrogen and oxygen atoms in total. The topological polar surface area (TPSA) is 64.2 Å². The number of thioether (sulfide) groups is 1. The third kappa shape index (κ3) is 4.08. The highest BCUT2D eigenvalue weighted by Gasteiger charge is 2.06. The molecule has 0 radical (unpaired) electrons. The van der Waals surface area contributed by atoms with E-state index in [2.05, 4.69) is 5.32 Å². The maximum absolute atomic E-state index is 12.1.